The number of ether oxygens (including phenoxy) is 1. The number of anilines is 1. The van der Waals surface area contributed by atoms with Gasteiger partial charge in [0.2, 0.25) is 5.95 Å². The predicted octanol–water partition coefficient (Wildman–Crippen LogP) is 5.76. The molecule has 0 spiro atoms. The van der Waals surface area contributed by atoms with Gasteiger partial charge in [-0.2, -0.15) is 0 Å². The molecule has 0 bridgehead atoms. The number of nitrogens with one attached hydrogen (secondary N) is 2. The highest BCUT2D eigenvalue weighted by atomic mass is 32.1. The lowest BCUT2D eigenvalue weighted by atomic mass is 10.00. The van der Waals surface area contributed by atoms with Crippen molar-refractivity contribution in [2.75, 3.05) is 11.9 Å². The van der Waals surface area contributed by atoms with E-state index in [4.69, 9.17) is 14.7 Å². The summed E-state index contributed by atoms with van der Waals surface area (Å²) >= 11 is 1.52. The Labute approximate surface area is 235 Å². The maximum atomic E-state index is 12.9. The zero-order valence-electron chi connectivity index (χ0n) is 22.6. The van der Waals surface area contributed by atoms with Crippen LogP contribution >= 0.6 is 11.3 Å². The third-order valence-electron chi connectivity index (χ3n) is 7.17. The summed E-state index contributed by atoms with van der Waals surface area (Å²) in [6.45, 7) is 6.76. The van der Waals surface area contributed by atoms with Gasteiger partial charge in [-0.15, -0.1) is 10.2 Å². The van der Waals surface area contributed by atoms with Crippen molar-refractivity contribution in [3.8, 4) is 22.0 Å². The Morgan fingerprint density at radius 3 is 2.77 bits per heavy atom. The first kappa shape index (κ1) is 25.9. The molecule has 11 heteroatoms. The normalized spacial score (nSPS) is 17.2. The largest absolute Gasteiger partial charge is 0.445 e. The maximum Gasteiger partial charge on any atom is 0.410 e. The molecule has 1 saturated heterocycles. The minimum Gasteiger partial charge on any atom is -0.445 e. The number of nitrogens with zero attached hydrogens (tertiary/aromatic N) is 6. The van der Waals surface area contributed by atoms with Crippen LogP contribution in [0.1, 0.15) is 35.9 Å². The molecule has 1 aliphatic rings. The summed E-state index contributed by atoms with van der Waals surface area (Å²) in [4.78, 5) is 32.2. The number of benzene rings is 1. The second-order valence-corrected chi connectivity index (χ2v) is 11.3. The number of H-pyrrole nitrogens is 1. The van der Waals surface area contributed by atoms with Crippen LogP contribution < -0.4 is 5.32 Å². The fraction of sp³-hybridized carbons (Fsp3) is 0.310. The standard InChI is InChI=1S/C29H30N8O2S/c1-17-13-31-28(32-21-10-9-18(2)37(15-21)29(38)39-16-20-7-5-4-6-8-20)34-25(17)23-14-30-26-22(23)11-12-24(33-26)27-36-35-19(3)40-27/h4-8,11-14,18,21H,9-10,15-16H2,1-3H3,(H,30,33)(H,31,32,34)/t18-,21-/m0/s1. The minimum atomic E-state index is -0.303. The lowest BCUT2D eigenvalue weighted by Gasteiger charge is -2.37. The number of carbonyl (C=O) groups is 1. The number of hydrogen-bond donors (Lipinski definition) is 2. The molecule has 0 radical (unpaired) electrons. The Hall–Kier alpha value is -4.38. The topological polar surface area (TPSA) is 122 Å². The summed E-state index contributed by atoms with van der Waals surface area (Å²) in [5, 5.41) is 14.4. The lowest BCUT2D eigenvalue weighted by molar-refractivity contribution is 0.0695. The van der Waals surface area contributed by atoms with Gasteiger partial charge in [0.25, 0.3) is 0 Å². The summed E-state index contributed by atoms with van der Waals surface area (Å²) in [7, 11) is 0. The SMILES string of the molecule is Cc1nnc(-c2ccc3c(-c4nc(N[C@H]5CC[C@H](C)N(C(=O)OCc6ccccc6)C5)ncc4C)c[nH]c3n2)s1. The van der Waals surface area contributed by atoms with Crippen LogP contribution in [0.15, 0.2) is 54.9 Å². The van der Waals surface area contributed by atoms with Crippen molar-refractivity contribution in [2.24, 2.45) is 0 Å². The third-order valence-corrected chi connectivity index (χ3v) is 8.03. The number of hydrogen-bond acceptors (Lipinski definition) is 9. The first-order valence-electron chi connectivity index (χ1n) is 13.3. The molecule has 1 fully saturated rings. The fourth-order valence-electron chi connectivity index (χ4n) is 4.97. The van der Waals surface area contributed by atoms with Gasteiger partial charge in [0.1, 0.15) is 23.0 Å². The highest BCUT2D eigenvalue weighted by molar-refractivity contribution is 7.14. The molecule has 1 amide bonds. The molecule has 10 nitrogen and oxygen atoms in total. The van der Waals surface area contributed by atoms with Gasteiger partial charge < -0.3 is 19.9 Å². The summed E-state index contributed by atoms with van der Waals surface area (Å²) in [6, 6.07) is 13.8. The van der Waals surface area contributed by atoms with Crippen molar-refractivity contribution in [1.29, 1.82) is 0 Å². The molecular weight excluding hydrogens is 524 g/mol. The first-order valence-corrected chi connectivity index (χ1v) is 14.1. The van der Waals surface area contributed by atoms with Gasteiger partial charge in [-0.1, -0.05) is 41.7 Å². The summed E-state index contributed by atoms with van der Waals surface area (Å²) in [5.74, 6) is 0.529. The van der Waals surface area contributed by atoms with Crippen molar-refractivity contribution in [3.63, 3.8) is 0 Å². The van der Waals surface area contributed by atoms with Gasteiger partial charge in [-0.25, -0.2) is 19.7 Å². The number of likely N-dealkylation sites (tertiary alicyclic amines) is 1. The molecule has 2 atom stereocenters. The zero-order valence-corrected chi connectivity index (χ0v) is 23.4. The van der Waals surface area contributed by atoms with E-state index in [0.29, 0.717) is 12.5 Å². The molecule has 4 aromatic heterocycles. The van der Waals surface area contributed by atoms with E-state index in [1.54, 1.807) is 4.90 Å². The quantitative estimate of drug-likeness (QED) is 0.272. The number of fused-ring (bicyclic) bond motifs is 1. The number of piperidine rings is 1. The molecule has 0 saturated carbocycles. The van der Waals surface area contributed by atoms with Crippen LogP contribution in [0.4, 0.5) is 10.7 Å². The number of pyridine rings is 1. The third kappa shape index (κ3) is 5.37. The van der Waals surface area contributed by atoms with Crippen LogP contribution in [-0.4, -0.2) is 59.8 Å². The van der Waals surface area contributed by atoms with Crippen LogP contribution in [0.5, 0.6) is 0 Å². The average molecular weight is 555 g/mol. The van der Waals surface area contributed by atoms with E-state index in [2.05, 4.69) is 32.4 Å². The first-order chi connectivity index (χ1) is 19.4. The highest BCUT2D eigenvalue weighted by Gasteiger charge is 2.30. The number of carbonyl (C=O) groups excluding carboxylic acids is 1. The molecule has 1 aliphatic heterocycles. The lowest BCUT2D eigenvalue weighted by Crippen LogP contribution is -2.50. The Bertz CT molecular complexity index is 1650. The van der Waals surface area contributed by atoms with E-state index >= 15 is 0 Å². The van der Waals surface area contributed by atoms with Gasteiger partial charge in [0.15, 0.2) is 5.01 Å². The van der Waals surface area contributed by atoms with Crippen LogP contribution in [0.3, 0.4) is 0 Å². The van der Waals surface area contributed by atoms with Crippen molar-refractivity contribution in [2.45, 2.75) is 52.3 Å². The minimum absolute atomic E-state index is 0.0126. The molecule has 6 rings (SSSR count). The summed E-state index contributed by atoms with van der Waals surface area (Å²) in [6.07, 6.45) is 5.22. The van der Waals surface area contributed by atoms with Gasteiger partial charge in [0, 0.05) is 42.0 Å². The number of rotatable bonds is 6. The van der Waals surface area contributed by atoms with E-state index in [1.807, 2.05) is 68.7 Å². The summed E-state index contributed by atoms with van der Waals surface area (Å²) < 4.78 is 5.61. The zero-order chi connectivity index (χ0) is 27.6. The Morgan fingerprint density at radius 2 is 1.98 bits per heavy atom. The number of aromatic amines is 1. The van der Waals surface area contributed by atoms with Gasteiger partial charge in [-0.3, -0.25) is 0 Å². The second-order valence-electron chi connectivity index (χ2n) is 10.1. The van der Waals surface area contributed by atoms with Crippen LogP contribution in [0, 0.1) is 13.8 Å². The van der Waals surface area contributed by atoms with E-state index in [1.165, 1.54) is 11.3 Å². The van der Waals surface area contributed by atoms with Crippen molar-refractivity contribution >= 4 is 34.4 Å². The fourth-order valence-corrected chi connectivity index (χ4v) is 5.63. The molecule has 1 aromatic carbocycles. The molecule has 204 valence electrons. The predicted molar refractivity (Wildman–Crippen MR) is 155 cm³/mol. The average Bonchev–Trinajstić information content (AvgIpc) is 3.60. The number of amides is 1. The van der Waals surface area contributed by atoms with Gasteiger partial charge >= 0.3 is 6.09 Å². The van der Waals surface area contributed by atoms with Crippen molar-refractivity contribution < 1.29 is 9.53 Å². The molecular formula is C29H30N8O2S. The molecule has 40 heavy (non-hydrogen) atoms. The molecule has 5 aromatic rings. The van der Waals surface area contributed by atoms with Crippen LogP contribution in [-0.2, 0) is 11.3 Å². The van der Waals surface area contributed by atoms with E-state index in [0.717, 1.165) is 62.0 Å². The number of aryl methyl sites for hydroxylation is 2. The van der Waals surface area contributed by atoms with E-state index in [9.17, 15) is 4.79 Å². The smallest absolute Gasteiger partial charge is 0.410 e. The second kappa shape index (κ2) is 11.0. The summed E-state index contributed by atoms with van der Waals surface area (Å²) in [5.41, 5.74) is 5.25. The Morgan fingerprint density at radius 1 is 1.12 bits per heavy atom. The Kier molecular flexibility index (Phi) is 7.12. The Balaban J connectivity index is 1.17. The maximum absolute atomic E-state index is 12.9. The molecule has 0 aliphatic carbocycles. The van der Waals surface area contributed by atoms with Gasteiger partial charge in [-0.05, 0) is 56.9 Å². The monoisotopic (exact) mass is 554 g/mol. The van der Waals surface area contributed by atoms with Crippen LogP contribution in [0.25, 0.3) is 33.0 Å². The molecule has 2 N–H and O–H groups in total. The van der Waals surface area contributed by atoms with Crippen molar-refractivity contribution in [3.05, 3.63) is 71.0 Å². The number of aromatic nitrogens is 6. The highest BCUT2D eigenvalue weighted by Crippen LogP contribution is 2.32. The van der Waals surface area contributed by atoms with E-state index < -0.39 is 0 Å². The van der Waals surface area contributed by atoms with Crippen molar-refractivity contribution in [1.82, 2.24) is 35.0 Å². The molecule has 5 heterocycles. The molecule has 0 unspecified atom stereocenters. The van der Waals surface area contributed by atoms with Crippen LogP contribution in [0.2, 0.25) is 0 Å². The van der Waals surface area contributed by atoms with Gasteiger partial charge in [0.05, 0.1) is 5.69 Å². The van der Waals surface area contributed by atoms with E-state index in [-0.39, 0.29) is 24.8 Å².